The highest BCUT2D eigenvalue weighted by atomic mass is 32.2. The molecule has 6 nitrogen and oxygen atoms in total. The molecule has 0 radical (unpaired) electrons. The number of hydrogen-bond acceptors (Lipinski definition) is 4. The van der Waals surface area contributed by atoms with E-state index in [-0.39, 0.29) is 21.5 Å². The van der Waals surface area contributed by atoms with Crippen molar-refractivity contribution in [2.45, 2.75) is 37.1 Å². The number of methoxy groups -OCH3 is 1. The summed E-state index contributed by atoms with van der Waals surface area (Å²) in [5.74, 6) is 0.416. The van der Waals surface area contributed by atoms with E-state index < -0.39 is 9.84 Å². The van der Waals surface area contributed by atoms with E-state index in [1.165, 1.54) is 19.2 Å². The fraction of sp³-hybridized carbons (Fsp3) is 0.208. The number of aromatic nitrogens is 1. The van der Waals surface area contributed by atoms with Gasteiger partial charge in [0.05, 0.1) is 12.0 Å². The molecule has 1 aromatic heterocycles. The summed E-state index contributed by atoms with van der Waals surface area (Å²) >= 11 is 0. The Balaban J connectivity index is 2.16. The summed E-state index contributed by atoms with van der Waals surface area (Å²) in [5.41, 5.74) is 2.71. The topological polar surface area (TPSA) is 77.4 Å². The molecule has 0 saturated heterocycles. The third-order valence-corrected chi connectivity index (χ3v) is 7.17. The summed E-state index contributed by atoms with van der Waals surface area (Å²) in [6, 6.07) is 13.3. The van der Waals surface area contributed by atoms with Crippen LogP contribution in [0.15, 0.2) is 71.0 Å². The van der Waals surface area contributed by atoms with E-state index in [1.54, 1.807) is 47.9 Å². The molecule has 2 aromatic carbocycles. The van der Waals surface area contributed by atoms with Crippen molar-refractivity contribution >= 4 is 21.6 Å². The van der Waals surface area contributed by atoms with Crippen LogP contribution in [0.1, 0.15) is 27.2 Å². The molecule has 1 heterocycles. The van der Waals surface area contributed by atoms with Gasteiger partial charge < -0.3 is 14.6 Å². The lowest BCUT2D eigenvalue weighted by Crippen LogP contribution is -2.18. The number of carbonyl (C=O) groups excluding carboxylic acids is 1. The van der Waals surface area contributed by atoms with Gasteiger partial charge in [0.1, 0.15) is 16.5 Å². The number of nitrogens with one attached hydrogen (secondary N) is 1. The second kappa shape index (κ2) is 8.81. The number of allylic oxidation sites excluding steroid dienone is 1. The molecular weight excluding hydrogens is 412 g/mol. The van der Waals surface area contributed by atoms with E-state index >= 15 is 0 Å². The average molecular weight is 439 g/mol. The molecule has 31 heavy (non-hydrogen) atoms. The van der Waals surface area contributed by atoms with Crippen LogP contribution in [0.25, 0.3) is 0 Å². The number of carbonyl (C=O) groups is 1. The lowest BCUT2D eigenvalue weighted by molar-refractivity contribution is 0.102. The molecule has 7 heteroatoms. The zero-order valence-corrected chi connectivity index (χ0v) is 18.9. The van der Waals surface area contributed by atoms with Crippen LogP contribution in [0.3, 0.4) is 0 Å². The molecule has 0 aliphatic carbocycles. The molecule has 1 N–H and O–H groups in total. The summed E-state index contributed by atoms with van der Waals surface area (Å²) in [4.78, 5) is 13.2. The minimum Gasteiger partial charge on any atom is -0.497 e. The van der Waals surface area contributed by atoms with Gasteiger partial charge in [0.25, 0.3) is 5.91 Å². The Hall–Kier alpha value is -3.32. The molecule has 3 aromatic rings. The number of aryl methyl sites for hydroxylation is 1. The standard InChI is InChI=1S/C24H26N2O4S/c1-6-14-26-18(4)17(3)22(31(28,29)21-12-10-20(30-5)11-13-21)23(26)25-24(27)19-9-7-8-16(2)15-19/h6-13,15H,1,14H2,2-5H3,(H,25,27). The van der Waals surface area contributed by atoms with Gasteiger partial charge in [-0.2, -0.15) is 0 Å². The Morgan fingerprint density at radius 1 is 1.13 bits per heavy atom. The molecule has 3 rings (SSSR count). The molecule has 0 atom stereocenters. The Kier molecular flexibility index (Phi) is 6.36. The summed E-state index contributed by atoms with van der Waals surface area (Å²) in [6.07, 6.45) is 1.67. The fourth-order valence-corrected chi connectivity index (χ4v) is 5.18. The van der Waals surface area contributed by atoms with E-state index in [1.807, 2.05) is 19.9 Å². The summed E-state index contributed by atoms with van der Waals surface area (Å²) in [5, 5.41) is 2.84. The lowest BCUT2D eigenvalue weighted by Gasteiger charge is -2.14. The first-order chi connectivity index (χ1) is 14.7. The van der Waals surface area contributed by atoms with Crippen molar-refractivity contribution in [2.75, 3.05) is 12.4 Å². The van der Waals surface area contributed by atoms with Crippen molar-refractivity contribution in [3.8, 4) is 5.75 Å². The van der Waals surface area contributed by atoms with Gasteiger partial charge in [-0.05, 0) is 62.7 Å². The van der Waals surface area contributed by atoms with Crippen molar-refractivity contribution in [1.29, 1.82) is 0 Å². The minimum absolute atomic E-state index is 0.0815. The predicted octanol–water partition coefficient (Wildman–Crippen LogP) is 4.69. The average Bonchev–Trinajstić information content (AvgIpc) is 2.98. The molecule has 0 aliphatic heterocycles. The number of rotatable bonds is 7. The van der Waals surface area contributed by atoms with Crippen LogP contribution < -0.4 is 10.1 Å². The van der Waals surface area contributed by atoms with Gasteiger partial charge in [-0.25, -0.2) is 8.42 Å². The smallest absolute Gasteiger partial charge is 0.256 e. The van der Waals surface area contributed by atoms with Gasteiger partial charge in [-0.15, -0.1) is 6.58 Å². The Bertz CT molecular complexity index is 1240. The first-order valence-electron chi connectivity index (χ1n) is 9.78. The maximum absolute atomic E-state index is 13.6. The maximum Gasteiger partial charge on any atom is 0.256 e. The van der Waals surface area contributed by atoms with E-state index in [4.69, 9.17) is 4.74 Å². The van der Waals surface area contributed by atoms with Crippen LogP contribution >= 0.6 is 0 Å². The number of sulfone groups is 1. The molecule has 0 bridgehead atoms. The van der Waals surface area contributed by atoms with Crippen molar-refractivity contribution in [3.05, 3.63) is 83.6 Å². The maximum atomic E-state index is 13.6. The third-order valence-electron chi connectivity index (χ3n) is 5.24. The van der Waals surface area contributed by atoms with Crippen molar-refractivity contribution < 1.29 is 17.9 Å². The van der Waals surface area contributed by atoms with Crippen LogP contribution in [-0.2, 0) is 16.4 Å². The zero-order chi connectivity index (χ0) is 22.8. The van der Waals surface area contributed by atoms with Gasteiger partial charge in [0.2, 0.25) is 9.84 Å². The molecular formula is C24H26N2O4S. The molecule has 0 unspecified atom stereocenters. The van der Waals surface area contributed by atoms with Gasteiger partial charge in [-0.3, -0.25) is 4.79 Å². The van der Waals surface area contributed by atoms with Crippen LogP contribution in [0, 0.1) is 20.8 Å². The minimum atomic E-state index is -3.91. The third kappa shape index (κ3) is 4.27. The number of anilines is 1. The molecule has 1 amide bonds. The monoisotopic (exact) mass is 438 g/mol. The molecule has 0 spiro atoms. The largest absolute Gasteiger partial charge is 0.497 e. The number of benzene rings is 2. The number of ether oxygens (including phenoxy) is 1. The van der Waals surface area contributed by atoms with Gasteiger partial charge >= 0.3 is 0 Å². The number of nitrogens with zero attached hydrogens (tertiary/aromatic N) is 1. The van der Waals surface area contributed by atoms with Crippen molar-refractivity contribution in [3.63, 3.8) is 0 Å². The normalized spacial score (nSPS) is 11.2. The molecule has 0 fully saturated rings. The highest BCUT2D eigenvalue weighted by Gasteiger charge is 2.30. The first kappa shape index (κ1) is 22.4. The van der Waals surface area contributed by atoms with Crippen LogP contribution in [0.2, 0.25) is 0 Å². The SMILES string of the molecule is C=CCn1c(C)c(C)c(S(=O)(=O)c2ccc(OC)cc2)c1NC(=O)c1cccc(C)c1. The summed E-state index contributed by atoms with van der Waals surface area (Å²) in [7, 11) is -2.39. The molecule has 0 saturated carbocycles. The number of hydrogen-bond donors (Lipinski definition) is 1. The van der Waals surface area contributed by atoms with Gasteiger partial charge in [0.15, 0.2) is 0 Å². The van der Waals surface area contributed by atoms with Crippen molar-refractivity contribution in [1.82, 2.24) is 4.57 Å². The highest BCUT2D eigenvalue weighted by Crippen LogP contribution is 2.36. The van der Waals surface area contributed by atoms with Gasteiger partial charge in [-0.1, -0.05) is 23.8 Å². The Morgan fingerprint density at radius 3 is 2.39 bits per heavy atom. The Morgan fingerprint density at radius 2 is 1.81 bits per heavy atom. The van der Waals surface area contributed by atoms with Crippen molar-refractivity contribution in [2.24, 2.45) is 0 Å². The number of amides is 1. The highest BCUT2D eigenvalue weighted by molar-refractivity contribution is 7.91. The summed E-state index contributed by atoms with van der Waals surface area (Å²) < 4.78 is 34.1. The zero-order valence-electron chi connectivity index (χ0n) is 18.1. The van der Waals surface area contributed by atoms with E-state index in [0.29, 0.717) is 23.4 Å². The quantitative estimate of drug-likeness (QED) is 0.543. The van der Waals surface area contributed by atoms with E-state index in [0.717, 1.165) is 11.3 Å². The van der Waals surface area contributed by atoms with Crippen LogP contribution in [-0.4, -0.2) is 26.0 Å². The first-order valence-corrected chi connectivity index (χ1v) is 11.3. The van der Waals surface area contributed by atoms with Crippen LogP contribution in [0.4, 0.5) is 5.82 Å². The molecule has 0 aliphatic rings. The lowest BCUT2D eigenvalue weighted by atomic mass is 10.1. The second-order valence-electron chi connectivity index (χ2n) is 7.29. The van der Waals surface area contributed by atoms with Gasteiger partial charge in [0, 0.05) is 17.8 Å². The summed E-state index contributed by atoms with van der Waals surface area (Å²) in [6.45, 7) is 9.59. The van der Waals surface area contributed by atoms with Crippen LogP contribution in [0.5, 0.6) is 5.75 Å². The Labute approximate surface area is 183 Å². The predicted molar refractivity (Wildman–Crippen MR) is 122 cm³/mol. The van der Waals surface area contributed by atoms with E-state index in [9.17, 15) is 13.2 Å². The second-order valence-corrected chi connectivity index (χ2v) is 9.18. The molecule has 162 valence electrons. The fourth-order valence-electron chi connectivity index (χ4n) is 3.48. The van der Waals surface area contributed by atoms with E-state index in [2.05, 4.69) is 11.9 Å².